The monoisotopic (exact) mass is 247 g/mol. The number of nitrogens with two attached hydrogens (primary N) is 1. The average molecular weight is 247 g/mol. The van der Waals surface area contributed by atoms with Gasteiger partial charge in [0.05, 0.1) is 6.54 Å². The van der Waals surface area contributed by atoms with Crippen molar-refractivity contribution in [3.63, 3.8) is 0 Å². The first-order chi connectivity index (χ1) is 8.58. The zero-order chi connectivity index (χ0) is 13.1. The number of nitrogen functional groups attached to an aromatic ring is 1. The van der Waals surface area contributed by atoms with Gasteiger partial charge in [-0.1, -0.05) is 0 Å². The van der Waals surface area contributed by atoms with Crippen LogP contribution in [-0.2, 0) is 6.54 Å². The van der Waals surface area contributed by atoms with E-state index in [2.05, 4.69) is 15.4 Å². The molecule has 6 nitrogen and oxygen atoms in total. The van der Waals surface area contributed by atoms with E-state index in [0.717, 1.165) is 23.0 Å². The van der Waals surface area contributed by atoms with E-state index in [1.165, 1.54) is 0 Å². The van der Waals surface area contributed by atoms with E-state index < -0.39 is 0 Å². The van der Waals surface area contributed by atoms with Crippen molar-refractivity contribution < 1.29 is 4.42 Å². The molecule has 0 spiro atoms. The van der Waals surface area contributed by atoms with E-state index >= 15 is 0 Å². The smallest absolute Gasteiger partial charge is 0.239 e. The zero-order valence-corrected chi connectivity index (χ0v) is 10.8. The highest BCUT2D eigenvalue weighted by Crippen LogP contribution is 2.16. The Morgan fingerprint density at radius 1 is 1.33 bits per heavy atom. The van der Waals surface area contributed by atoms with E-state index in [9.17, 15) is 0 Å². The van der Waals surface area contributed by atoms with E-state index in [-0.39, 0.29) is 0 Å². The van der Waals surface area contributed by atoms with Gasteiger partial charge in [-0.25, -0.2) is 10.8 Å². The molecule has 0 aliphatic carbocycles. The number of hydrogen-bond donors (Lipinski definition) is 2. The fourth-order valence-corrected chi connectivity index (χ4v) is 1.70. The second-order valence-corrected chi connectivity index (χ2v) is 4.20. The summed E-state index contributed by atoms with van der Waals surface area (Å²) in [5, 5.41) is 0. The minimum absolute atomic E-state index is 0.410. The normalized spacial score (nSPS) is 10.4. The highest BCUT2D eigenvalue weighted by atomic mass is 16.3. The number of hydrazine groups is 1. The van der Waals surface area contributed by atoms with Gasteiger partial charge in [0.15, 0.2) is 0 Å². The Bertz CT molecular complexity index is 537. The Morgan fingerprint density at radius 3 is 2.72 bits per heavy atom. The number of aryl methyl sites for hydroxylation is 2. The molecule has 2 aromatic rings. The first kappa shape index (κ1) is 12.4. The lowest BCUT2D eigenvalue weighted by Crippen LogP contribution is -2.19. The van der Waals surface area contributed by atoms with Gasteiger partial charge in [-0.15, -0.1) is 0 Å². The maximum atomic E-state index is 5.54. The fraction of sp³-hybridized carbons (Fsp3) is 0.333. The Morgan fingerprint density at radius 2 is 2.11 bits per heavy atom. The van der Waals surface area contributed by atoms with Crippen LogP contribution in [0.2, 0.25) is 0 Å². The Hall–Kier alpha value is -2.08. The molecule has 0 saturated carbocycles. The third kappa shape index (κ3) is 2.78. The van der Waals surface area contributed by atoms with Crippen LogP contribution in [0, 0.1) is 13.8 Å². The molecule has 0 saturated heterocycles. The molecular weight excluding hydrogens is 230 g/mol. The van der Waals surface area contributed by atoms with Crippen LogP contribution < -0.4 is 16.2 Å². The van der Waals surface area contributed by atoms with Gasteiger partial charge < -0.3 is 9.32 Å². The molecule has 3 N–H and O–H groups in total. The van der Waals surface area contributed by atoms with Crippen molar-refractivity contribution in [1.29, 1.82) is 0 Å². The average Bonchev–Trinajstić information content (AvgIpc) is 2.73. The van der Waals surface area contributed by atoms with Gasteiger partial charge in [0, 0.05) is 18.8 Å². The summed E-state index contributed by atoms with van der Waals surface area (Å²) in [6, 6.07) is 5.81. The molecular formula is C12H17N5O. The van der Waals surface area contributed by atoms with E-state index in [1.807, 2.05) is 44.0 Å². The molecule has 0 unspecified atom stereocenters. The maximum absolute atomic E-state index is 5.54. The van der Waals surface area contributed by atoms with Gasteiger partial charge in [-0.05, 0) is 26.0 Å². The number of hydrogen-bond acceptors (Lipinski definition) is 6. The largest absolute Gasteiger partial charge is 0.464 e. The van der Waals surface area contributed by atoms with Gasteiger partial charge in [0.2, 0.25) is 5.95 Å². The Labute approximate surface area is 106 Å². The van der Waals surface area contributed by atoms with Crippen LogP contribution in [0.1, 0.15) is 17.2 Å². The number of anilines is 2. The molecule has 0 bridgehead atoms. The molecule has 2 heterocycles. The summed E-state index contributed by atoms with van der Waals surface area (Å²) in [6.45, 7) is 4.47. The maximum Gasteiger partial charge on any atom is 0.239 e. The van der Waals surface area contributed by atoms with Gasteiger partial charge in [-0.3, -0.25) is 5.43 Å². The van der Waals surface area contributed by atoms with Crippen molar-refractivity contribution in [3.05, 3.63) is 35.4 Å². The van der Waals surface area contributed by atoms with E-state index in [1.54, 1.807) is 0 Å². The molecule has 2 rings (SSSR count). The van der Waals surface area contributed by atoms with Crippen LogP contribution in [0.15, 0.2) is 22.6 Å². The number of rotatable bonds is 4. The molecule has 96 valence electrons. The Kier molecular flexibility index (Phi) is 3.47. The first-order valence-electron chi connectivity index (χ1n) is 5.67. The lowest BCUT2D eigenvalue weighted by molar-refractivity contribution is 0.481. The van der Waals surface area contributed by atoms with Crippen molar-refractivity contribution in [1.82, 2.24) is 9.97 Å². The third-order valence-corrected chi connectivity index (χ3v) is 2.55. The van der Waals surface area contributed by atoms with Crippen LogP contribution >= 0.6 is 0 Å². The fourth-order valence-electron chi connectivity index (χ4n) is 1.70. The van der Waals surface area contributed by atoms with Crippen molar-refractivity contribution in [2.45, 2.75) is 20.4 Å². The molecule has 18 heavy (non-hydrogen) atoms. The second kappa shape index (κ2) is 5.05. The van der Waals surface area contributed by atoms with Gasteiger partial charge in [0.1, 0.15) is 17.3 Å². The first-order valence-corrected chi connectivity index (χ1v) is 5.67. The topological polar surface area (TPSA) is 80.2 Å². The minimum Gasteiger partial charge on any atom is -0.464 e. The number of aromatic nitrogens is 2. The zero-order valence-electron chi connectivity index (χ0n) is 10.8. The molecule has 6 heteroatoms. The summed E-state index contributed by atoms with van der Waals surface area (Å²) in [7, 11) is 1.94. The van der Waals surface area contributed by atoms with E-state index in [4.69, 9.17) is 10.3 Å². The Balaban J connectivity index is 2.17. The summed E-state index contributed by atoms with van der Waals surface area (Å²) in [5.41, 5.74) is 3.32. The van der Waals surface area contributed by atoms with Crippen molar-refractivity contribution >= 4 is 11.8 Å². The van der Waals surface area contributed by atoms with Gasteiger partial charge >= 0.3 is 0 Å². The molecule has 0 radical (unpaired) electrons. The quantitative estimate of drug-likeness (QED) is 0.631. The summed E-state index contributed by atoms with van der Waals surface area (Å²) >= 11 is 0. The molecule has 0 aliphatic rings. The molecule has 0 aliphatic heterocycles. The molecule has 0 fully saturated rings. The lowest BCUT2D eigenvalue weighted by Gasteiger charge is -2.17. The lowest BCUT2D eigenvalue weighted by atomic mass is 10.3. The van der Waals surface area contributed by atoms with Crippen molar-refractivity contribution in [3.8, 4) is 0 Å². The summed E-state index contributed by atoms with van der Waals surface area (Å²) in [4.78, 5) is 10.4. The van der Waals surface area contributed by atoms with Gasteiger partial charge in [0.25, 0.3) is 0 Å². The van der Waals surface area contributed by atoms with Gasteiger partial charge in [-0.2, -0.15) is 4.98 Å². The molecule has 2 aromatic heterocycles. The third-order valence-electron chi connectivity index (χ3n) is 2.55. The van der Waals surface area contributed by atoms with Crippen LogP contribution in [0.4, 0.5) is 11.8 Å². The molecule has 0 amide bonds. The molecule has 0 atom stereocenters. The second-order valence-electron chi connectivity index (χ2n) is 4.20. The number of nitrogens with one attached hydrogen (secondary N) is 1. The predicted molar refractivity (Wildman–Crippen MR) is 70.1 cm³/mol. The van der Waals surface area contributed by atoms with Crippen LogP contribution in [0.5, 0.6) is 0 Å². The van der Waals surface area contributed by atoms with Crippen molar-refractivity contribution in [2.75, 3.05) is 17.4 Å². The SMILES string of the molecule is Cc1cc(N(C)Cc2ccc(C)o2)nc(NN)n1. The van der Waals surface area contributed by atoms with Crippen LogP contribution in [0.3, 0.4) is 0 Å². The minimum atomic E-state index is 0.410. The number of nitrogens with zero attached hydrogens (tertiary/aromatic N) is 3. The summed E-state index contributed by atoms with van der Waals surface area (Å²) in [6.07, 6.45) is 0. The predicted octanol–water partition coefficient (Wildman–Crippen LogP) is 1.61. The standard InChI is InChI=1S/C12H17N5O/c1-8-6-11(15-12(14-8)16-13)17(3)7-10-5-4-9(2)18-10/h4-6H,7,13H2,1-3H3,(H,14,15,16). The molecule has 0 aromatic carbocycles. The highest BCUT2D eigenvalue weighted by molar-refractivity contribution is 5.43. The number of furan rings is 1. The highest BCUT2D eigenvalue weighted by Gasteiger charge is 2.08. The van der Waals surface area contributed by atoms with Crippen molar-refractivity contribution in [2.24, 2.45) is 5.84 Å². The summed E-state index contributed by atoms with van der Waals surface area (Å²) in [5.74, 6) is 8.34. The summed E-state index contributed by atoms with van der Waals surface area (Å²) < 4.78 is 5.54. The van der Waals surface area contributed by atoms with E-state index in [0.29, 0.717) is 12.5 Å². The van der Waals surface area contributed by atoms with Crippen LogP contribution in [-0.4, -0.2) is 17.0 Å². The van der Waals surface area contributed by atoms with Crippen LogP contribution in [0.25, 0.3) is 0 Å².